The van der Waals surface area contributed by atoms with Crippen LogP contribution in [0.25, 0.3) is 0 Å². The SMILES string of the molecule is COc1c(C(N)=O)ccc(N(C)C(=O)Nc2ccccc2)c1CCN1CCN(Cc2ccccc2)CC1. The molecule has 8 heteroatoms. The summed E-state index contributed by atoms with van der Waals surface area (Å²) in [5.74, 6) is -0.136. The zero-order valence-corrected chi connectivity index (χ0v) is 21.5. The molecule has 0 radical (unpaired) electrons. The summed E-state index contributed by atoms with van der Waals surface area (Å²) in [6.07, 6.45) is 0.612. The molecule has 1 fully saturated rings. The van der Waals surface area contributed by atoms with Crippen molar-refractivity contribution in [2.75, 3.05) is 57.1 Å². The third-order valence-electron chi connectivity index (χ3n) is 6.79. The molecule has 0 saturated carbocycles. The monoisotopic (exact) mass is 501 g/mol. The van der Waals surface area contributed by atoms with Gasteiger partial charge in [-0.15, -0.1) is 0 Å². The summed E-state index contributed by atoms with van der Waals surface area (Å²) in [6, 6.07) is 22.9. The van der Waals surface area contributed by atoms with E-state index in [0.717, 1.165) is 44.8 Å². The normalized spacial score (nSPS) is 14.2. The average Bonchev–Trinajstić information content (AvgIpc) is 2.92. The lowest BCUT2D eigenvalue weighted by atomic mass is 10.0. The van der Waals surface area contributed by atoms with Crippen LogP contribution < -0.4 is 20.7 Å². The lowest BCUT2D eigenvalue weighted by molar-refractivity contribution is 0.0997. The summed E-state index contributed by atoms with van der Waals surface area (Å²) in [4.78, 5) is 31.6. The van der Waals surface area contributed by atoms with E-state index in [9.17, 15) is 9.59 Å². The minimum absolute atomic E-state index is 0.282. The van der Waals surface area contributed by atoms with Crippen molar-refractivity contribution in [2.24, 2.45) is 5.73 Å². The Morgan fingerprint density at radius 1 is 0.919 bits per heavy atom. The number of nitrogens with one attached hydrogen (secondary N) is 1. The van der Waals surface area contributed by atoms with Crippen molar-refractivity contribution in [1.29, 1.82) is 0 Å². The minimum atomic E-state index is -0.560. The number of nitrogens with zero attached hydrogens (tertiary/aromatic N) is 3. The number of carbonyl (C=O) groups is 2. The maximum absolute atomic E-state index is 13.0. The minimum Gasteiger partial charge on any atom is -0.496 e. The molecule has 0 aromatic heterocycles. The quantitative estimate of drug-likeness (QED) is 0.465. The van der Waals surface area contributed by atoms with Crippen LogP contribution in [-0.4, -0.2) is 68.6 Å². The van der Waals surface area contributed by atoms with Gasteiger partial charge in [0.15, 0.2) is 0 Å². The van der Waals surface area contributed by atoms with Crippen molar-refractivity contribution >= 4 is 23.3 Å². The molecule has 1 aliphatic heterocycles. The molecule has 1 heterocycles. The predicted molar refractivity (Wildman–Crippen MR) is 147 cm³/mol. The summed E-state index contributed by atoms with van der Waals surface area (Å²) >= 11 is 0. The fourth-order valence-electron chi connectivity index (χ4n) is 4.72. The highest BCUT2D eigenvalue weighted by atomic mass is 16.5. The molecule has 194 valence electrons. The molecule has 3 N–H and O–H groups in total. The number of carbonyl (C=O) groups excluding carboxylic acids is 2. The largest absolute Gasteiger partial charge is 0.496 e. The highest BCUT2D eigenvalue weighted by Crippen LogP contribution is 2.33. The van der Waals surface area contributed by atoms with Crippen molar-refractivity contribution in [3.8, 4) is 5.75 Å². The molecular formula is C29H35N5O3. The van der Waals surface area contributed by atoms with Crippen molar-refractivity contribution < 1.29 is 14.3 Å². The number of anilines is 2. The molecule has 0 bridgehead atoms. The maximum atomic E-state index is 13.0. The van der Waals surface area contributed by atoms with Gasteiger partial charge in [0.05, 0.1) is 18.4 Å². The standard InChI is InChI=1S/C29H35N5O3/c1-32(29(36)31-23-11-7-4-8-12-23)26-14-13-25(28(30)35)27(37-2)24(26)15-16-33-17-19-34(20-18-33)21-22-9-5-3-6-10-22/h3-14H,15-21H2,1-2H3,(H2,30,35)(H,31,36). The molecule has 1 aliphatic rings. The van der Waals surface area contributed by atoms with Gasteiger partial charge in [-0.1, -0.05) is 48.5 Å². The van der Waals surface area contributed by atoms with Gasteiger partial charge in [0, 0.05) is 57.6 Å². The summed E-state index contributed by atoms with van der Waals surface area (Å²) in [5, 5.41) is 2.91. The number of para-hydroxylation sites is 1. The van der Waals surface area contributed by atoms with Gasteiger partial charge in [-0.05, 0) is 36.2 Å². The molecular weight excluding hydrogens is 466 g/mol. The van der Waals surface area contributed by atoms with E-state index in [0.29, 0.717) is 29.1 Å². The third-order valence-corrected chi connectivity index (χ3v) is 6.79. The molecule has 3 aromatic rings. The molecule has 0 atom stereocenters. The van der Waals surface area contributed by atoms with E-state index in [2.05, 4.69) is 39.4 Å². The summed E-state index contributed by atoms with van der Waals surface area (Å²) in [6.45, 7) is 5.60. The Balaban J connectivity index is 1.46. The van der Waals surface area contributed by atoms with Crippen LogP contribution in [0.5, 0.6) is 5.75 Å². The number of rotatable bonds is 9. The first kappa shape index (κ1) is 26.2. The number of piperazine rings is 1. The molecule has 4 rings (SSSR count). The Morgan fingerprint density at radius 2 is 1.54 bits per heavy atom. The number of urea groups is 1. The molecule has 3 amide bonds. The van der Waals surface area contributed by atoms with Gasteiger partial charge in [0.1, 0.15) is 5.75 Å². The molecule has 37 heavy (non-hydrogen) atoms. The van der Waals surface area contributed by atoms with Crippen molar-refractivity contribution in [3.05, 3.63) is 89.5 Å². The number of ether oxygens (including phenoxy) is 1. The fourth-order valence-corrected chi connectivity index (χ4v) is 4.72. The Hall–Kier alpha value is -3.88. The van der Waals surface area contributed by atoms with Crippen LogP contribution >= 0.6 is 0 Å². The zero-order valence-electron chi connectivity index (χ0n) is 21.5. The Morgan fingerprint density at radius 3 is 2.16 bits per heavy atom. The summed E-state index contributed by atoms with van der Waals surface area (Å²) in [5.41, 5.74) is 9.44. The van der Waals surface area contributed by atoms with E-state index >= 15 is 0 Å². The third kappa shape index (κ3) is 6.67. The van der Waals surface area contributed by atoms with Crippen LogP contribution in [-0.2, 0) is 13.0 Å². The van der Waals surface area contributed by atoms with Crippen LogP contribution in [0, 0.1) is 0 Å². The Bertz CT molecular complexity index is 1190. The molecule has 1 saturated heterocycles. The van der Waals surface area contributed by atoms with Gasteiger partial charge in [0.2, 0.25) is 0 Å². The highest BCUT2D eigenvalue weighted by molar-refractivity contribution is 6.03. The van der Waals surface area contributed by atoms with Gasteiger partial charge < -0.3 is 20.7 Å². The number of hydrogen-bond acceptors (Lipinski definition) is 5. The first-order valence-corrected chi connectivity index (χ1v) is 12.5. The van der Waals surface area contributed by atoms with Gasteiger partial charge in [-0.3, -0.25) is 14.6 Å². The fraction of sp³-hybridized carbons (Fsp3) is 0.310. The second-order valence-electron chi connectivity index (χ2n) is 9.22. The second-order valence-corrected chi connectivity index (χ2v) is 9.22. The molecule has 8 nitrogen and oxygen atoms in total. The Labute approximate surface area is 218 Å². The van der Waals surface area contributed by atoms with E-state index in [1.807, 2.05) is 36.4 Å². The molecule has 0 aliphatic carbocycles. The summed E-state index contributed by atoms with van der Waals surface area (Å²) < 4.78 is 5.66. The van der Waals surface area contributed by atoms with Crippen LogP contribution in [0.15, 0.2) is 72.8 Å². The predicted octanol–water partition coefficient (Wildman–Crippen LogP) is 3.82. The van der Waals surface area contributed by atoms with E-state index < -0.39 is 5.91 Å². The van der Waals surface area contributed by atoms with Crippen LogP contribution in [0.1, 0.15) is 21.5 Å². The Kier molecular flexibility index (Phi) is 8.77. The first-order chi connectivity index (χ1) is 18.0. The first-order valence-electron chi connectivity index (χ1n) is 12.5. The van der Waals surface area contributed by atoms with Crippen molar-refractivity contribution in [1.82, 2.24) is 9.80 Å². The van der Waals surface area contributed by atoms with E-state index in [1.54, 1.807) is 24.1 Å². The number of methoxy groups -OCH3 is 1. The number of nitrogens with two attached hydrogens (primary N) is 1. The van der Waals surface area contributed by atoms with Gasteiger partial charge in [0.25, 0.3) is 5.91 Å². The number of primary amides is 1. The number of benzene rings is 3. The molecule has 0 spiro atoms. The van der Waals surface area contributed by atoms with E-state index in [4.69, 9.17) is 10.5 Å². The number of amides is 3. The lowest BCUT2D eigenvalue weighted by Gasteiger charge is -2.35. The highest BCUT2D eigenvalue weighted by Gasteiger charge is 2.24. The zero-order chi connectivity index (χ0) is 26.2. The van der Waals surface area contributed by atoms with Gasteiger partial charge in [-0.2, -0.15) is 0 Å². The van der Waals surface area contributed by atoms with Crippen LogP contribution in [0.3, 0.4) is 0 Å². The van der Waals surface area contributed by atoms with Crippen molar-refractivity contribution in [2.45, 2.75) is 13.0 Å². The van der Waals surface area contributed by atoms with Crippen LogP contribution in [0.4, 0.5) is 16.2 Å². The van der Waals surface area contributed by atoms with E-state index in [-0.39, 0.29) is 6.03 Å². The lowest BCUT2D eigenvalue weighted by Crippen LogP contribution is -2.46. The maximum Gasteiger partial charge on any atom is 0.326 e. The topological polar surface area (TPSA) is 91.1 Å². The van der Waals surface area contributed by atoms with E-state index in [1.165, 1.54) is 12.7 Å². The summed E-state index contributed by atoms with van der Waals surface area (Å²) in [7, 11) is 3.24. The number of hydrogen-bond donors (Lipinski definition) is 2. The van der Waals surface area contributed by atoms with Crippen molar-refractivity contribution in [3.63, 3.8) is 0 Å². The second kappa shape index (κ2) is 12.4. The van der Waals surface area contributed by atoms with Gasteiger partial charge in [-0.25, -0.2) is 4.79 Å². The smallest absolute Gasteiger partial charge is 0.326 e. The molecule has 0 unspecified atom stereocenters. The van der Waals surface area contributed by atoms with Gasteiger partial charge >= 0.3 is 6.03 Å². The average molecular weight is 502 g/mol. The van der Waals surface area contributed by atoms with Crippen LogP contribution in [0.2, 0.25) is 0 Å². The molecule has 3 aromatic carbocycles.